The Hall–Kier alpha value is -1.65. The van der Waals surface area contributed by atoms with Crippen LogP contribution in [0.1, 0.15) is 5.56 Å². The van der Waals surface area contributed by atoms with Gasteiger partial charge < -0.3 is 0 Å². The fourth-order valence-electron chi connectivity index (χ4n) is 1.72. The van der Waals surface area contributed by atoms with Crippen LogP contribution in [0.15, 0.2) is 24.3 Å². The predicted octanol–water partition coefficient (Wildman–Crippen LogP) is -0.765. The molecular weight excluding hydrogens is 306 g/mol. The molecule has 0 aliphatic carbocycles. The van der Waals surface area contributed by atoms with E-state index in [0.717, 1.165) is 10.6 Å². The van der Waals surface area contributed by atoms with Crippen LogP contribution < -0.4 is 9.44 Å². The van der Waals surface area contributed by atoms with E-state index < -0.39 is 26.1 Å². The molecule has 0 radical (unpaired) electrons. The number of nitrogens with one attached hydrogen (secondary N) is 2. The number of hydrogen-bond donors (Lipinski definition) is 2. The molecule has 1 aliphatic rings. The van der Waals surface area contributed by atoms with Crippen LogP contribution in [0.25, 0.3) is 0 Å². The smallest absolute Gasteiger partial charge is 0.284 e. The summed E-state index contributed by atoms with van der Waals surface area (Å²) in [5.41, 5.74) is 1.03. The Morgan fingerprint density at radius 3 is 2.35 bits per heavy atom. The Balaban J connectivity index is 2.10. The lowest BCUT2D eigenvalue weighted by molar-refractivity contribution is -0.118. The SMILES string of the molecule is CS(=O)(=O)Nc1ccc(CN2CC(=O)NS2(=O)=O)cc1. The van der Waals surface area contributed by atoms with Crippen LogP contribution in [-0.2, 0) is 31.6 Å². The van der Waals surface area contributed by atoms with Gasteiger partial charge in [0.1, 0.15) is 0 Å². The van der Waals surface area contributed by atoms with Gasteiger partial charge in [-0.25, -0.2) is 13.1 Å². The predicted molar refractivity (Wildman–Crippen MR) is 72.4 cm³/mol. The average Bonchev–Trinajstić information content (AvgIpc) is 2.52. The molecule has 10 heteroatoms. The van der Waals surface area contributed by atoms with Gasteiger partial charge in [0.05, 0.1) is 12.8 Å². The third-order valence-corrected chi connectivity index (χ3v) is 4.55. The van der Waals surface area contributed by atoms with E-state index in [2.05, 4.69) is 4.72 Å². The molecule has 1 aromatic carbocycles. The first-order chi connectivity index (χ1) is 9.16. The zero-order chi connectivity index (χ0) is 15.0. The zero-order valence-electron chi connectivity index (χ0n) is 10.5. The summed E-state index contributed by atoms with van der Waals surface area (Å²) in [5.74, 6) is -0.569. The van der Waals surface area contributed by atoms with E-state index in [1.165, 1.54) is 12.1 Å². The van der Waals surface area contributed by atoms with Gasteiger partial charge in [0.15, 0.2) is 0 Å². The second-order valence-electron chi connectivity index (χ2n) is 4.37. The van der Waals surface area contributed by atoms with E-state index >= 15 is 0 Å². The third-order valence-electron chi connectivity index (χ3n) is 2.52. The average molecular weight is 319 g/mol. The van der Waals surface area contributed by atoms with E-state index in [1.807, 2.05) is 4.72 Å². The van der Waals surface area contributed by atoms with Crippen LogP contribution in [0.3, 0.4) is 0 Å². The summed E-state index contributed by atoms with van der Waals surface area (Å²) in [6.07, 6.45) is 1.04. The number of hydrogen-bond acceptors (Lipinski definition) is 5. The lowest BCUT2D eigenvalue weighted by Gasteiger charge is -2.12. The molecule has 2 N–H and O–H groups in total. The molecule has 1 aliphatic heterocycles. The van der Waals surface area contributed by atoms with Gasteiger partial charge in [-0.15, -0.1) is 0 Å². The Kier molecular flexibility index (Phi) is 3.71. The second kappa shape index (κ2) is 5.04. The zero-order valence-corrected chi connectivity index (χ0v) is 12.2. The normalized spacial score (nSPS) is 18.8. The Bertz CT molecular complexity index is 725. The molecule has 0 bridgehead atoms. The standard InChI is InChI=1S/C10H13N3O5S2/c1-19(15,16)11-9-4-2-8(3-5-9)6-13-7-10(14)12-20(13,17)18/h2-5,11H,6-7H2,1H3,(H,12,14). The van der Waals surface area contributed by atoms with E-state index in [9.17, 15) is 21.6 Å². The quantitative estimate of drug-likeness (QED) is 0.757. The van der Waals surface area contributed by atoms with E-state index in [4.69, 9.17) is 0 Å². The van der Waals surface area contributed by atoms with Gasteiger partial charge in [0.25, 0.3) is 0 Å². The van der Waals surface area contributed by atoms with Crippen molar-refractivity contribution in [1.29, 1.82) is 0 Å². The molecule has 1 heterocycles. The number of carbonyl (C=O) groups is 1. The maximum atomic E-state index is 11.5. The summed E-state index contributed by atoms with van der Waals surface area (Å²) >= 11 is 0. The van der Waals surface area contributed by atoms with Gasteiger partial charge in [-0.05, 0) is 17.7 Å². The van der Waals surface area contributed by atoms with Crippen LogP contribution in [0.5, 0.6) is 0 Å². The Morgan fingerprint density at radius 1 is 1.30 bits per heavy atom. The highest BCUT2D eigenvalue weighted by Crippen LogP contribution is 2.15. The third kappa shape index (κ3) is 3.68. The summed E-state index contributed by atoms with van der Waals surface area (Å²) < 4.78 is 50.3. The number of amides is 1. The lowest BCUT2D eigenvalue weighted by atomic mass is 10.2. The number of nitrogens with zero attached hydrogens (tertiary/aromatic N) is 1. The highest BCUT2D eigenvalue weighted by molar-refractivity contribution is 7.92. The second-order valence-corrected chi connectivity index (χ2v) is 7.79. The molecule has 2 rings (SSSR count). The summed E-state index contributed by atoms with van der Waals surface area (Å²) in [6.45, 7) is -0.175. The fraction of sp³-hybridized carbons (Fsp3) is 0.300. The summed E-state index contributed by atoms with van der Waals surface area (Å²) in [7, 11) is -7.10. The molecule has 1 aromatic rings. The summed E-state index contributed by atoms with van der Waals surface area (Å²) in [5, 5.41) is 0. The molecule has 8 nitrogen and oxygen atoms in total. The molecule has 0 spiro atoms. The van der Waals surface area contributed by atoms with Crippen molar-refractivity contribution in [2.45, 2.75) is 6.54 Å². The molecule has 1 amide bonds. The highest BCUT2D eigenvalue weighted by Gasteiger charge is 2.33. The van der Waals surface area contributed by atoms with Crippen molar-refractivity contribution in [3.8, 4) is 0 Å². The first-order valence-corrected chi connectivity index (χ1v) is 8.86. The van der Waals surface area contributed by atoms with Gasteiger partial charge in [-0.3, -0.25) is 9.52 Å². The van der Waals surface area contributed by atoms with E-state index in [-0.39, 0.29) is 13.1 Å². The Morgan fingerprint density at radius 2 is 1.90 bits per heavy atom. The number of anilines is 1. The molecule has 20 heavy (non-hydrogen) atoms. The van der Waals surface area contributed by atoms with Gasteiger partial charge >= 0.3 is 10.2 Å². The number of rotatable bonds is 4. The van der Waals surface area contributed by atoms with Gasteiger partial charge in [-0.2, -0.15) is 12.7 Å². The molecule has 0 aromatic heterocycles. The molecule has 0 atom stereocenters. The van der Waals surface area contributed by atoms with E-state index in [1.54, 1.807) is 12.1 Å². The minimum absolute atomic E-state index is 0.0419. The maximum Gasteiger partial charge on any atom is 0.304 e. The lowest BCUT2D eigenvalue weighted by Crippen LogP contribution is -2.29. The van der Waals surface area contributed by atoms with Crippen LogP contribution in [0.2, 0.25) is 0 Å². The fourth-order valence-corrected chi connectivity index (χ4v) is 3.37. The highest BCUT2D eigenvalue weighted by atomic mass is 32.2. The number of carbonyl (C=O) groups excluding carboxylic acids is 1. The number of sulfonamides is 1. The molecule has 1 fully saturated rings. The van der Waals surface area contributed by atoms with Crippen molar-refractivity contribution in [3.63, 3.8) is 0 Å². The summed E-state index contributed by atoms with van der Waals surface area (Å²) in [4.78, 5) is 11.1. The first kappa shape index (κ1) is 14.8. The minimum Gasteiger partial charge on any atom is -0.284 e. The molecule has 0 unspecified atom stereocenters. The maximum absolute atomic E-state index is 11.5. The largest absolute Gasteiger partial charge is 0.304 e. The van der Waals surface area contributed by atoms with Gasteiger partial charge in [0, 0.05) is 12.2 Å². The van der Waals surface area contributed by atoms with Gasteiger partial charge in [0.2, 0.25) is 15.9 Å². The van der Waals surface area contributed by atoms with Crippen LogP contribution in [0.4, 0.5) is 5.69 Å². The Labute approximate surface area is 117 Å². The van der Waals surface area contributed by atoms with Crippen LogP contribution >= 0.6 is 0 Å². The minimum atomic E-state index is -3.75. The van der Waals surface area contributed by atoms with Crippen molar-refractivity contribution >= 4 is 31.8 Å². The van der Waals surface area contributed by atoms with Gasteiger partial charge in [-0.1, -0.05) is 12.1 Å². The van der Waals surface area contributed by atoms with E-state index in [0.29, 0.717) is 11.3 Å². The number of benzene rings is 1. The molecular formula is C10H13N3O5S2. The van der Waals surface area contributed by atoms with Crippen molar-refractivity contribution in [1.82, 2.24) is 9.03 Å². The van der Waals surface area contributed by atoms with Crippen LogP contribution in [-0.4, -0.2) is 39.8 Å². The molecule has 110 valence electrons. The monoisotopic (exact) mass is 319 g/mol. The topological polar surface area (TPSA) is 113 Å². The van der Waals surface area contributed by atoms with Crippen molar-refractivity contribution in [2.24, 2.45) is 0 Å². The van der Waals surface area contributed by atoms with Crippen LogP contribution in [0, 0.1) is 0 Å². The van der Waals surface area contributed by atoms with Crippen molar-refractivity contribution in [2.75, 3.05) is 17.5 Å². The molecule has 1 saturated heterocycles. The van der Waals surface area contributed by atoms with Crippen molar-refractivity contribution in [3.05, 3.63) is 29.8 Å². The summed E-state index contributed by atoms with van der Waals surface area (Å²) in [6, 6.07) is 6.22. The molecule has 0 saturated carbocycles. The van der Waals surface area contributed by atoms with Crippen molar-refractivity contribution < 1.29 is 21.6 Å². The first-order valence-electron chi connectivity index (χ1n) is 5.53.